The zero-order valence-electron chi connectivity index (χ0n) is 14.0. The van der Waals surface area contributed by atoms with Gasteiger partial charge in [-0.1, -0.05) is 18.6 Å². The summed E-state index contributed by atoms with van der Waals surface area (Å²) in [7, 11) is 0. The van der Waals surface area contributed by atoms with Crippen molar-refractivity contribution >= 4 is 22.8 Å². The maximum absolute atomic E-state index is 4.68. The summed E-state index contributed by atoms with van der Waals surface area (Å²) in [6, 6.07) is 6.52. The molecule has 1 aromatic carbocycles. The van der Waals surface area contributed by atoms with Crippen LogP contribution in [0.1, 0.15) is 51.3 Å². The Balaban J connectivity index is 1.50. The summed E-state index contributed by atoms with van der Waals surface area (Å²) in [5.74, 6) is 2.21. The molecule has 1 aliphatic rings. The van der Waals surface area contributed by atoms with Crippen LogP contribution in [0.4, 0.5) is 0 Å². The average molecular weight is 330 g/mol. The highest BCUT2D eigenvalue weighted by Crippen LogP contribution is 2.23. The Morgan fingerprint density at radius 3 is 3.09 bits per heavy atom. The highest BCUT2D eigenvalue weighted by molar-refractivity contribution is 7.99. The first-order chi connectivity index (χ1) is 11.3. The highest BCUT2D eigenvalue weighted by atomic mass is 32.2. The van der Waals surface area contributed by atoms with E-state index in [-0.39, 0.29) is 0 Å². The third kappa shape index (κ3) is 4.85. The number of nitrogens with one attached hydrogen (secondary N) is 2. The molecule has 4 heteroatoms. The molecule has 0 aliphatic heterocycles. The molecule has 0 unspecified atom stereocenters. The van der Waals surface area contributed by atoms with Gasteiger partial charge in [-0.25, -0.2) is 4.98 Å². The van der Waals surface area contributed by atoms with E-state index in [1.54, 1.807) is 5.57 Å². The number of H-pyrrole nitrogens is 1. The zero-order valence-corrected chi connectivity index (χ0v) is 14.8. The van der Waals surface area contributed by atoms with Gasteiger partial charge in [-0.15, -0.1) is 11.8 Å². The number of hydrogen-bond acceptors (Lipinski definition) is 3. The van der Waals surface area contributed by atoms with Gasteiger partial charge in [-0.2, -0.15) is 0 Å². The number of fused-ring (bicyclic) bond motifs is 1. The van der Waals surface area contributed by atoms with E-state index in [4.69, 9.17) is 0 Å². The molecule has 1 aromatic heterocycles. The molecule has 0 spiro atoms. The molecule has 124 valence electrons. The maximum atomic E-state index is 4.68. The summed E-state index contributed by atoms with van der Waals surface area (Å²) >= 11 is 1.91. The Labute approximate surface area is 143 Å². The van der Waals surface area contributed by atoms with E-state index in [0.29, 0.717) is 0 Å². The molecule has 0 bridgehead atoms. The van der Waals surface area contributed by atoms with E-state index in [9.17, 15) is 0 Å². The molecule has 1 heterocycles. The number of imidazole rings is 1. The summed E-state index contributed by atoms with van der Waals surface area (Å²) in [5.41, 5.74) is 3.85. The number of hydrogen-bond donors (Lipinski definition) is 2. The fourth-order valence-electron chi connectivity index (χ4n) is 3.02. The number of aromatic amines is 1. The minimum atomic E-state index is 0.819. The number of benzene rings is 1. The summed E-state index contributed by atoms with van der Waals surface area (Å²) in [5, 5.41) is 3.52. The van der Waals surface area contributed by atoms with Crippen molar-refractivity contribution in [1.29, 1.82) is 0 Å². The van der Waals surface area contributed by atoms with Crippen LogP contribution in [0.2, 0.25) is 0 Å². The van der Waals surface area contributed by atoms with Crippen molar-refractivity contribution in [1.82, 2.24) is 15.3 Å². The average Bonchev–Trinajstić information content (AvgIpc) is 3.00. The Morgan fingerprint density at radius 1 is 1.30 bits per heavy atom. The predicted molar refractivity (Wildman–Crippen MR) is 100.0 cm³/mol. The molecule has 0 fully saturated rings. The number of allylic oxidation sites excluding steroid dienone is 1. The fourth-order valence-corrected chi connectivity index (χ4v) is 3.83. The molecule has 3 nitrogen and oxygen atoms in total. The first-order valence-corrected chi connectivity index (χ1v) is 9.84. The summed E-state index contributed by atoms with van der Waals surface area (Å²) < 4.78 is 0. The molecule has 0 atom stereocenters. The standard InChI is InChI=1S/C19H27N3S/c1-2-12-23-16-8-9-17-18(13-16)22-19(21-17)14-20-11-10-15-6-4-3-5-7-15/h6,8-9,13,20H,2-5,7,10-12,14H2,1H3,(H,21,22). The third-order valence-corrected chi connectivity index (χ3v) is 5.48. The molecule has 0 amide bonds. The lowest BCUT2D eigenvalue weighted by Gasteiger charge is -2.12. The van der Waals surface area contributed by atoms with Gasteiger partial charge in [0.2, 0.25) is 0 Å². The highest BCUT2D eigenvalue weighted by Gasteiger charge is 2.05. The molecule has 2 N–H and O–H groups in total. The first-order valence-electron chi connectivity index (χ1n) is 8.85. The van der Waals surface area contributed by atoms with Gasteiger partial charge in [-0.05, 0) is 69.0 Å². The van der Waals surface area contributed by atoms with Crippen LogP contribution in [-0.4, -0.2) is 22.3 Å². The van der Waals surface area contributed by atoms with Crippen molar-refractivity contribution in [2.45, 2.75) is 56.9 Å². The van der Waals surface area contributed by atoms with Crippen molar-refractivity contribution in [3.63, 3.8) is 0 Å². The van der Waals surface area contributed by atoms with E-state index in [2.05, 4.69) is 46.5 Å². The van der Waals surface area contributed by atoms with Gasteiger partial charge in [0.25, 0.3) is 0 Å². The van der Waals surface area contributed by atoms with Crippen LogP contribution in [0.15, 0.2) is 34.7 Å². The summed E-state index contributed by atoms with van der Waals surface area (Å²) in [6.45, 7) is 4.08. The molecule has 23 heavy (non-hydrogen) atoms. The van der Waals surface area contributed by atoms with Crippen molar-refractivity contribution in [3.05, 3.63) is 35.7 Å². The van der Waals surface area contributed by atoms with E-state index in [0.717, 1.165) is 29.9 Å². The number of aromatic nitrogens is 2. The lowest BCUT2D eigenvalue weighted by atomic mass is 9.97. The summed E-state index contributed by atoms with van der Waals surface area (Å²) in [6.07, 6.45) is 10.1. The molecule has 3 rings (SSSR count). The van der Waals surface area contributed by atoms with Gasteiger partial charge < -0.3 is 10.3 Å². The Hall–Kier alpha value is -1.26. The molecule has 0 saturated heterocycles. The Morgan fingerprint density at radius 2 is 2.26 bits per heavy atom. The Bertz CT molecular complexity index is 660. The van der Waals surface area contributed by atoms with Gasteiger partial charge in [0.1, 0.15) is 5.82 Å². The lowest BCUT2D eigenvalue weighted by Crippen LogP contribution is -2.16. The Kier molecular flexibility index (Phi) is 6.17. The van der Waals surface area contributed by atoms with Crippen LogP contribution < -0.4 is 5.32 Å². The molecule has 1 aliphatic carbocycles. The largest absolute Gasteiger partial charge is 0.341 e. The van der Waals surface area contributed by atoms with Crippen LogP contribution in [0.5, 0.6) is 0 Å². The van der Waals surface area contributed by atoms with Crippen molar-refractivity contribution in [3.8, 4) is 0 Å². The van der Waals surface area contributed by atoms with Crippen LogP contribution in [0.3, 0.4) is 0 Å². The monoisotopic (exact) mass is 329 g/mol. The van der Waals surface area contributed by atoms with Crippen molar-refractivity contribution in [2.24, 2.45) is 0 Å². The van der Waals surface area contributed by atoms with Gasteiger partial charge in [0, 0.05) is 4.90 Å². The van der Waals surface area contributed by atoms with Gasteiger partial charge >= 0.3 is 0 Å². The fraction of sp³-hybridized carbons (Fsp3) is 0.526. The first kappa shape index (κ1) is 16.6. The quantitative estimate of drug-likeness (QED) is 0.405. The van der Waals surface area contributed by atoms with E-state index in [1.807, 2.05) is 11.8 Å². The minimum Gasteiger partial charge on any atom is -0.341 e. The second-order valence-electron chi connectivity index (χ2n) is 6.25. The van der Waals surface area contributed by atoms with E-state index in [1.165, 1.54) is 49.2 Å². The number of thioether (sulfide) groups is 1. The molecular formula is C19H27N3S. The second kappa shape index (κ2) is 8.55. The van der Waals surface area contributed by atoms with Gasteiger partial charge in [0.15, 0.2) is 0 Å². The lowest BCUT2D eigenvalue weighted by molar-refractivity contribution is 0.624. The topological polar surface area (TPSA) is 40.7 Å². The van der Waals surface area contributed by atoms with E-state index >= 15 is 0 Å². The normalized spacial score (nSPS) is 15.1. The zero-order chi connectivity index (χ0) is 15.9. The van der Waals surface area contributed by atoms with Crippen LogP contribution in [0.25, 0.3) is 11.0 Å². The molecule has 2 aromatic rings. The number of rotatable bonds is 8. The SMILES string of the molecule is CCCSc1ccc2nc(CNCCC3=CCCCC3)[nH]c2c1. The van der Waals surface area contributed by atoms with Crippen molar-refractivity contribution in [2.75, 3.05) is 12.3 Å². The smallest absolute Gasteiger partial charge is 0.121 e. The predicted octanol–water partition coefficient (Wildman–Crippen LogP) is 5.05. The minimum absolute atomic E-state index is 0.819. The summed E-state index contributed by atoms with van der Waals surface area (Å²) in [4.78, 5) is 9.45. The van der Waals surface area contributed by atoms with Gasteiger partial charge in [0.05, 0.1) is 17.6 Å². The maximum Gasteiger partial charge on any atom is 0.121 e. The number of nitrogens with zero attached hydrogens (tertiary/aromatic N) is 1. The second-order valence-corrected chi connectivity index (χ2v) is 7.41. The van der Waals surface area contributed by atoms with E-state index < -0.39 is 0 Å². The van der Waals surface area contributed by atoms with Crippen LogP contribution >= 0.6 is 11.8 Å². The molecule has 0 saturated carbocycles. The molecular weight excluding hydrogens is 302 g/mol. The van der Waals surface area contributed by atoms with Gasteiger partial charge in [-0.3, -0.25) is 0 Å². The molecule has 0 radical (unpaired) electrons. The van der Waals surface area contributed by atoms with Crippen molar-refractivity contribution < 1.29 is 0 Å². The third-order valence-electron chi connectivity index (χ3n) is 4.28. The van der Waals surface area contributed by atoms with Crippen LogP contribution in [-0.2, 0) is 6.54 Å². The van der Waals surface area contributed by atoms with Crippen LogP contribution in [0, 0.1) is 0 Å².